The van der Waals surface area contributed by atoms with E-state index in [9.17, 15) is 9.59 Å². The third kappa shape index (κ3) is 4.32. The number of nitrogens with zero attached hydrogens (tertiary/aromatic N) is 1. The molecule has 5 nitrogen and oxygen atoms in total. The molecule has 1 aliphatic heterocycles. The van der Waals surface area contributed by atoms with Gasteiger partial charge in [0.1, 0.15) is 0 Å². The van der Waals surface area contributed by atoms with E-state index in [1.807, 2.05) is 24.0 Å². The number of amides is 2. The van der Waals surface area contributed by atoms with Crippen molar-refractivity contribution < 1.29 is 9.59 Å². The Bertz CT molecular complexity index is 584. The minimum absolute atomic E-state index is 0.114. The van der Waals surface area contributed by atoms with Crippen molar-refractivity contribution in [1.29, 1.82) is 0 Å². The molecule has 1 aromatic rings. The molecule has 23 heavy (non-hydrogen) atoms. The van der Waals surface area contributed by atoms with Gasteiger partial charge in [-0.3, -0.25) is 9.59 Å². The first-order valence-corrected chi connectivity index (χ1v) is 8.36. The molecular formula is C18H27N3O2. The predicted molar refractivity (Wildman–Crippen MR) is 91.0 cm³/mol. The van der Waals surface area contributed by atoms with Crippen LogP contribution in [0.1, 0.15) is 48.7 Å². The Hall–Kier alpha value is -1.88. The summed E-state index contributed by atoms with van der Waals surface area (Å²) in [6, 6.07) is 5.61. The van der Waals surface area contributed by atoms with Crippen molar-refractivity contribution in [1.82, 2.24) is 10.2 Å². The summed E-state index contributed by atoms with van der Waals surface area (Å²) in [6.07, 6.45) is 1.61. The highest BCUT2D eigenvalue weighted by Crippen LogP contribution is 2.20. The average molecular weight is 317 g/mol. The predicted octanol–water partition coefficient (Wildman–Crippen LogP) is 1.69. The van der Waals surface area contributed by atoms with Crippen LogP contribution in [0.2, 0.25) is 0 Å². The molecule has 2 amide bonds. The number of nitrogens with one attached hydrogen (secondary N) is 1. The van der Waals surface area contributed by atoms with Gasteiger partial charge in [-0.05, 0) is 42.9 Å². The first kappa shape index (κ1) is 17.5. The van der Waals surface area contributed by atoms with Gasteiger partial charge < -0.3 is 16.0 Å². The van der Waals surface area contributed by atoms with Crippen molar-refractivity contribution >= 4 is 11.8 Å². The molecule has 0 bridgehead atoms. The van der Waals surface area contributed by atoms with Crippen LogP contribution in [-0.2, 0) is 17.8 Å². The summed E-state index contributed by atoms with van der Waals surface area (Å²) < 4.78 is 0. The molecule has 0 unspecified atom stereocenters. The number of fused-ring (bicyclic) bond motifs is 1. The van der Waals surface area contributed by atoms with Crippen LogP contribution in [0.25, 0.3) is 0 Å². The first-order chi connectivity index (χ1) is 10.9. The smallest absolute Gasteiger partial charge is 0.254 e. The van der Waals surface area contributed by atoms with E-state index in [4.69, 9.17) is 5.73 Å². The molecule has 1 aromatic carbocycles. The Labute approximate surface area is 138 Å². The highest BCUT2D eigenvalue weighted by molar-refractivity contribution is 5.96. The van der Waals surface area contributed by atoms with Crippen LogP contribution in [0.3, 0.4) is 0 Å². The number of likely N-dealkylation sites (N-methyl/N-ethyl adjacent to an activating group) is 1. The number of benzene rings is 1. The van der Waals surface area contributed by atoms with E-state index in [0.29, 0.717) is 12.5 Å². The normalized spacial score (nSPS) is 15.7. The van der Waals surface area contributed by atoms with E-state index in [1.165, 1.54) is 0 Å². The molecular weight excluding hydrogens is 290 g/mol. The van der Waals surface area contributed by atoms with Crippen molar-refractivity contribution in [3.63, 3.8) is 0 Å². The van der Waals surface area contributed by atoms with Crippen molar-refractivity contribution in [3.8, 4) is 0 Å². The molecule has 3 N–H and O–H groups in total. The summed E-state index contributed by atoms with van der Waals surface area (Å²) >= 11 is 0. The van der Waals surface area contributed by atoms with Gasteiger partial charge in [-0.15, -0.1) is 0 Å². The van der Waals surface area contributed by atoms with Crippen LogP contribution in [0.15, 0.2) is 18.2 Å². The number of primary amides is 1. The second kappa shape index (κ2) is 7.59. The Kier molecular flexibility index (Phi) is 5.77. The second-order valence-electron chi connectivity index (χ2n) is 6.59. The SMILES string of the molecule is CCN1CCc2cc(CN[C@H](CC(C)C)C(N)=O)ccc2C1=O. The number of carbonyl (C=O) groups excluding carboxylic acids is 2. The zero-order valence-corrected chi connectivity index (χ0v) is 14.3. The largest absolute Gasteiger partial charge is 0.368 e. The quantitative estimate of drug-likeness (QED) is 0.803. The van der Waals surface area contributed by atoms with Crippen LogP contribution in [0.5, 0.6) is 0 Å². The van der Waals surface area contributed by atoms with Crippen molar-refractivity contribution in [2.45, 2.75) is 46.2 Å². The summed E-state index contributed by atoms with van der Waals surface area (Å²) in [6.45, 7) is 8.25. The van der Waals surface area contributed by atoms with Crippen LogP contribution in [-0.4, -0.2) is 35.8 Å². The highest BCUT2D eigenvalue weighted by atomic mass is 16.2. The van der Waals surface area contributed by atoms with E-state index in [2.05, 4.69) is 25.2 Å². The summed E-state index contributed by atoms with van der Waals surface area (Å²) in [4.78, 5) is 25.7. The fourth-order valence-electron chi connectivity index (χ4n) is 3.01. The molecule has 1 heterocycles. The van der Waals surface area contributed by atoms with E-state index >= 15 is 0 Å². The van der Waals surface area contributed by atoms with Crippen molar-refractivity contribution in [3.05, 3.63) is 34.9 Å². The maximum absolute atomic E-state index is 12.3. The number of nitrogens with two attached hydrogens (primary N) is 1. The highest BCUT2D eigenvalue weighted by Gasteiger charge is 2.23. The van der Waals surface area contributed by atoms with Gasteiger partial charge in [0.05, 0.1) is 6.04 Å². The van der Waals surface area contributed by atoms with Gasteiger partial charge >= 0.3 is 0 Å². The van der Waals surface area contributed by atoms with Gasteiger partial charge in [0.15, 0.2) is 0 Å². The summed E-state index contributed by atoms with van der Waals surface area (Å²) in [5.41, 5.74) is 8.43. The lowest BCUT2D eigenvalue weighted by atomic mass is 9.96. The first-order valence-electron chi connectivity index (χ1n) is 8.36. The topological polar surface area (TPSA) is 75.4 Å². The maximum atomic E-state index is 12.3. The number of hydrogen-bond donors (Lipinski definition) is 2. The Morgan fingerprint density at radius 2 is 2.13 bits per heavy atom. The molecule has 5 heteroatoms. The number of hydrogen-bond acceptors (Lipinski definition) is 3. The number of rotatable bonds is 7. The molecule has 0 saturated carbocycles. The molecule has 0 fully saturated rings. The van der Waals surface area contributed by atoms with Crippen LogP contribution in [0, 0.1) is 5.92 Å². The van der Waals surface area contributed by atoms with Gasteiger partial charge in [0.25, 0.3) is 5.91 Å². The monoisotopic (exact) mass is 317 g/mol. The molecule has 2 rings (SSSR count). The molecule has 0 radical (unpaired) electrons. The van der Waals surface area contributed by atoms with Crippen LogP contribution >= 0.6 is 0 Å². The van der Waals surface area contributed by atoms with E-state index in [-0.39, 0.29) is 17.9 Å². The average Bonchev–Trinajstić information content (AvgIpc) is 2.51. The third-order valence-corrected chi connectivity index (χ3v) is 4.32. The van der Waals surface area contributed by atoms with Gasteiger partial charge in [-0.25, -0.2) is 0 Å². The standard InChI is InChI=1S/C18H27N3O2/c1-4-21-8-7-14-10-13(5-6-15(14)18(21)23)11-20-16(17(19)22)9-12(2)3/h5-6,10,12,16,20H,4,7-9,11H2,1-3H3,(H2,19,22)/t16-/m1/s1. The summed E-state index contributed by atoms with van der Waals surface area (Å²) in [5.74, 6) is 0.203. The minimum Gasteiger partial charge on any atom is -0.368 e. The van der Waals surface area contributed by atoms with Crippen molar-refractivity contribution in [2.24, 2.45) is 11.7 Å². The Balaban J connectivity index is 2.05. The van der Waals surface area contributed by atoms with E-state index in [0.717, 1.165) is 42.6 Å². The summed E-state index contributed by atoms with van der Waals surface area (Å²) in [5, 5.41) is 3.23. The van der Waals surface area contributed by atoms with Gasteiger partial charge in [-0.1, -0.05) is 26.0 Å². The molecule has 0 spiro atoms. The lowest BCUT2D eigenvalue weighted by Gasteiger charge is -2.28. The minimum atomic E-state index is -0.316. The molecule has 0 saturated heterocycles. The molecule has 0 aliphatic carbocycles. The van der Waals surface area contributed by atoms with Crippen LogP contribution in [0.4, 0.5) is 0 Å². The fourth-order valence-corrected chi connectivity index (χ4v) is 3.01. The second-order valence-corrected chi connectivity index (χ2v) is 6.59. The third-order valence-electron chi connectivity index (χ3n) is 4.32. The fraction of sp³-hybridized carbons (Fsp3) is 0.556. The maximum Gasteiger partial charge on any atom is 0.254 e. The lowest BCUT2D eigenvalue weighted by molar-refractivity contribution is -0.120. The molecule has 126 valence electrons. The Morgan fingerprint density at radius 3 is 2.74 bits per heavy atom. The lowest BCUT2D eigenvalue weighted by Crippen LogP contribution is -2.41. The molecule has 1 aliphatic rings. The molecule has 1 atom stereocenters. The van der Waals surface area contributed by atoms with Crippen LogP contribution < -0.4 is 11.1 Å². The van der Waals surface area contributed by atoms with Gasteiger partial charge in [-0.2, -0.15) is 0 Å². The molecule has 0 aromatic heterocycles. The van der Waals surface area contributed by atoms with Crippen molar-refractivity contribution in [2.75, 3.05) is 13.1 Å². The Morgan fingerprint density at radius 1 is 1.39 bits per heavy atom. The van der Waals surface area contributed by atoms with E-state index in [1.54, 1.807) is 0 Å². The van der Waals surface area contributed by atoms with Gasteiger partial charge in [0, 0.05) is 25.2 Å². The zero-order valence-electron chi connectivity index (χ0n) is 14.3. The zero-order chi connectivity index (χ0) is 17.0. The number of carbonyl (C=O) groups is 2. The van der Waals surface area contributed by atoms with Gasteiger partial charge in [0.2, 0.25) is 5.91 Å². The summed E-state index contributed by atoms with van der Waals surface area (Å²) in [7, 11) is 0. The van der Waals surface area contributed by atoms with E-state index < -0.39 is 0 Å².